The predicted octanol–water partition coefficient (Wildman–Crippen LogP) is -0.644. The number of nitrogens with zero attached hydrogens (tertiary/aromatic N) is 2. The molecule has 7 nitrogen and oxygen atoms in total. The van der Waals surface area contributed by atoms with Crippen LogP contribution in [0.1, 0.15) is 0 Å². The second kappa shape index (κ2) is 8.44. The van der Waals surface area contributed by atoms with Crippen LogP contribution >= 0.6 is 12.4 Å². The minimum Gasteiger partial charge on any atom is -0.383 e. The van der Waals surface area contributed by atoms with Crippen LogP contribution in [0.4, 0.5) is 0 Å². The molecule has 1 heterocycles. The highest BCUT2D eigenvalue weighted by atomic mass is 35.5. The fourth-order valence-electron chi connectivity index (χ4n) is 1.19. The van der Waals surface area contributed by atoms with Crippen molar-refractivity contribution in [1.29, 1.82) is 0 Å². The second-order valence-corrected chi connectivity index (χ2v) is 5.26. The molecule has 18 heavy (non-hydrogen) atoms. The summed E-state index contributed by atoms with van der Waals surface area (Å²) in [7, 11) is -0.147. The second-order valence-electron chi connectivity index (χ2n) is 3.49. The van der Waals surface area contributed by atoms with Gasteiger partial charge in [-0.25, -0.2) is 13.1 Å². The number of hydrogen-bond donors (Lipinski definition) is 2. The summed E-state index contributed by atoms with van der Waals surface area (Å²) in [6.07, 6.45) is 2.78. The van der Waals surface area contributed by atoms with Crippen molar-refractivity contribution in [2.75, 3.05) is 33.4 Å². The third kappa shape index (κ3) is 5.78. The molecule has 0 fully saturated rings. The van der Waals surface area contributed by atoms with E-state index in [0.717, 1.165) is 0 Å². The zero-order chi connectivity index (χ0) is 12.7. The molecular weight excluding hydrogens is 280 g/mol. The Labute approximate surface area is 113 Å². The van der Waals surface area contributed by atoms with E-state index >= 15 is 0 Å². The molecule has 0 aliphatic heterocycles. The van der Waals surface area contributed by atoms with Gasteiger partial charge in [0.1, 0.15) is 4.90 Å². The van der Waals surface area contributed by atoms with Gasteiger partial charge in [-0.05, 0) is 0 Å². The number of aromatic nitrogens is 2. The van der Waals surface area contributed by atoms with Crippen molar-refractivity contribution < 1.29 is 13.2 Å². The smallest absolute Gasteiger partial charge is 0.243 e. The van der Waals surface area contributed by atoms with Gasteiger partial charge < -0.3 is 10.1 Å². The van der Waals surface area contributed by atoms with E-state index in [1.54, 1.807) is 14.2 Å². The van der Waals surface area contributed by atoms with Crippen LogP contribution in [0.15, 0.2) is 17.3 Å². The summed E-state index contributed by atoms with van der Waals surface area (Å²) in [5.41, 5.74) is 0. The third-order valence-corrected chi connectivity index (χ3v) is 3.48. The Morgan fingerprint density at radius 3 is 2.67 bits per heavy atom. The van der Waals surface area contributed by atoms with Gasteiger partial charge in [0.2, 0.25) is 10.0 Å². The molecule has 2 N–H and O–H groups in total. The van der Waals surface area contributed by atoms with E-state index in [1.807, 2.05) is 0 Å². The molecule has 0 unspecified atom stereocenters. The fourth-order valence-corrected chi connectivity index (χ4v) is 2.21. The Hall–Kier alpha value is -0.670. The molecule has 0 aliphatic carbocycles. The Morgan fingerprint density at radius 1 is 1.39 bits per heavy atom. The normalized spacial score (nSPS) is 11.2. The van der Waals surface area contributed by atoms with Gasteiger partial charge in [0.15, 0.2) is 0 Å². The summed E-state index contributed by atoms with van der Waals surface area (Å²) in [4.78, 5) is 0.178. The molecule has 106 valence electrons. The van der Waals surface area contributed by atoms with E-state index < -0.39 is 10.0 Å². The van der Waals surface area contributed by atoms with Crippen LogP contribution in [0.2, 0.25) is 0 Å². The summed E-state index contributed by atoms with van der Waals surface area (Å²) >= 11 is 0. The molecule has 0 saturated carbocycles. The number of sulfonamides is 1. The number of nitrogens with one attached hydrogen (secondary N) is 2. The average molecular weight is 299 g/mol. The maximum absolute atomic E-state index is 11.7. The largest absolute Gasteiger partial charge is 0.383 e. The van der Waals surface area contributed by atoms with Crippen molar-refractivity contribution in [3.05, 3.63) is 12.4 Å². The number of aryl methyl sites for hydroxylation is 1. The van der Waals surface area contributed by atoms with Gasteiger partial charge in [-0.15, -0.1) is 12.4 Å². The first-order valence-electron chi connectivity index (χ1n) is 5.24. The van der Waals surface area contributed by atoms with Gasteiger partial charge in [-0.3, -0.25) is 4.68 Å². The highest BCUT2D eigenvalue weighted by molar-refractivity contribution is 7.89. The summed E-state index contributed by atoms with van der Waals surface area (Å²) in [5.74, 6) is 0. The molecule has 0 aliphatic rings. The van der Waals surface area contributed by atoms with E-state index in [9.17, 15) is 8.42 Å². The van der Waals surface area contributed by atoms with Crippen molar-refractivity contribution in [1.82, 2.24) is 19.8 Å². The van der Waals surface area contributed by atoms with Crippen molar-refractivity contribution in [2.45, 2.75) is 4.90 Å². The van der Waals surface area contributed by atoms with Gasteiger partial charge in [0.05, 0.1) is 12.8 Å². The lowest BCUT2D eigenvalue weighted by Crippen LogP contribution is -2.33. The first kappa shape index (κ1) is 17.3. The Morgan fingerprint density at radius 2 is 2.11 bits per heavy atom. The summed E-state index contributed by atoms with van der Waals surface area (Å²) < 4.78 is 32.2. The molecule has 0 amide bonds. The molecule has 1 aromatic heterocycles. The topological polar surface area (TPSA) is 85.2 Å². The van der Waals surface area contributed by atoms with Crippen molar-refractivity contribution in [2.24, 2.45) is 7.05 Å². The lowest BCUT2D eigenvalue weighted by molar-refractivity contribution is 0.199. The third-order valence-electron chi connectivity index (χ3n) is 2.07. The maximum Gasteiger partial charge on any atom is 0.243 e. The van der Waals surface area contributed by atoms with Crippen LogP contribution in [0, 0.1) is 0 Å². The lowest BCUT2D eigenvalue weighted by atomic mass is 10.6. The van der Waals surface area contributed by atoms with Crippen LogP contribution in [0.5, 0.6) is 0 Å². The lowest BCUT2D eigenvalue weighted by Gasteiger charge is -2.05. The molecule has 0 bridgehead atoms. The first-order chi connectivity index (χ1) is 8.06. The number of ether oxygens (including phenoxy) is 1. The number of methoxy groups -OCH3 is 1. The number of halogens is 1. The predicted molar refractivity (Wildman–Crippen MR) is 70.4 cm³/mol. The average Bonchev–Trinajstić information content (AvgIpc) is 2.71. The monoisotopic (exact) mass is 298 g/mol. The maximum atomic E-state index is 11.7. The standard InChI is InChI=1S/C9H18N4O3S.ClH/c1-13-8-9(7-11-13)17(14,15)12-4-3-10-5-6-16-2;/h7-8,10,12H,3-6H2,1-2H3;1H. The molecule has 0 spiro atoms. The molecule has 9 heteroatoms. The Balaban J connectivity index is 0.00000289. The summed E-state index contributed by atoms with van der Waals surface area (Å²) in [6.45, 7) is 2.20. The zero-order valence-corrected chi connectivity index (χ0v) is 12.1. The minimum absolute atomic E-state index is 0. The minimum atomic E-state index is -3.44. The quantitative estimate of drug-likeness (QED) is 0.623. The van der Waals surface area contributed by atoms with Gasteiger partial charge in [0, 0.05) is 40.0 Å². The van der Waals surface area contributed by atoms with E-state index in [-0.39, 0.29) is 17.3 Å². The van der Waals surface area contributed by atoms with Gasteiger partial charge in [-0.1, -0.05) is 0 Å². The van der Waals surface area contributed by atoms with Crippen LogP contribution < -0.4 is 10.0 Å². The van der Waals surface area contributed by atoms with Crippen LogP contribution in [0.3, 0.4) is 0 Å². The molecule has 0 aromatic carbocycles. The van der Waals surface area contributed by atoms with Gasteiger partial charge in [0.25, 0.3) is 0 Å². The van der Waals surface area contributed by atoms with E-state index in [2.05, 4.69) is 15.1 Å². The molecule has 1 aromatic rings. The Kier molecular flexibility index (Phi) is 8.12. The van der Waals surface area contributed by atoms with Crippen LogP contribution in [0.25, 0.3) is 0 Å². The van der Waals surface area contributed by atoms with Crippen molar-refractivity contribution >= 4 is 22.4 Å². The highest BCUT2D eigenvalue weighted by Crippen LogP contribution is 2.04. The fraction of sp³-hybridized carbons (Fsp3) is 0.667. The van der Waals surface area contributed by atoms with E-state index in [4.69, 9.17) is 4.74 Å². The van der Waals surface area contributed by atoms with Crippen LogP contribution in [-0.4, -0.2) is 51.5 Å². The first-order valence-corrected chi connectivity index (χ1v) is 6.72. The van der Waals surface area contributed by atoms with Crippen LogP contribution in [-0.2, 0) is 21.8 Å². The number of rotatable bonds is 8. The number of hydrogen-bond acceptors (Lipinski definition) is 5. The van der Waals surface area contributed by atoms with Crippen molar-refractivity contribution in [3.63, 3.8) is 0 Å². The van der Waals surface area contributed by atoms with E-state index in [0.29, 0.717) is 26.2 Å². The molecular formula is C9H19ClN4O3S. The Bertz CT molecular complexity index is 435. The summed E-state index contributed by atoms with van der Waals surface area (Å²) in [5, 5.41) is 6.86. The SMILES string of the molecule is COCCNCCNS(=O)(=O)c1cnn(C)c1.Cl. The highest BCUT2D eigenvalue weighted by Gasteiger charge is 2.14. The van der Waals surface area contributed by atoms with Gasteiger partial charge >= 0.3 is 0 Å². The molecule has 1 rings (SSSR count). The zero-order valence-electron chi connectivity index (χ0n) is 10.4. The summed E-state index contributed by atoms with van der Waals surface area (Å²) in [6, 6.07) is 0. The molecule has 0 saturated heterocycles. The molecule has 0 atom stereocenters. The van der Waals surface area contributed by atoms with Gasteiger partial charge in [-0.2, -0.15) is 5.10 Å². The van der Waals surface area contributed by atoms with E-state index in [1.165, 1.54) is 17.1 Å². The molecule has 0 radical (unpaired) electrons. The van der Waals surface area contributed by atoms with Crippen molar-refractivity contribution in [3.8, 4) is 0 Å².